The Balaban J connectivity index is 1.83. The zero-order chi connectivity index (χ0) is 21.2. The van der Waals surface area contributed by atoms with Gasteiger partial charge in [0.25, 0.3) is 5.91 Å². The van der Waals surface area contributed by atoms with Gasteiger partial charge in [0.1, 0.15) is 5.69 Å². The van der Waals surface area contributed by atoms with Crippen molar-refractivity contribution >= 4 is 5.91 Å². The Labute approximate surface area is 166 Å². The summed E-state index contributed by atoms with van der Waals surface area (Å²) in [5, 5.41) is 0. The van der Waals surface area contributed by atoms with Crippen molar-refractivity contribution in [2.24, 2.45) is 7.05 Å². The summed E-state index contributed by atoms with van der Waals surface area (Å²) in [6.45, 7) is 4.07. The average Bonchev–Trinajstić information content (AvgIpc) is 3.11. The van der Waals surface area contributed by atoms with E-state index in [1.807, 2.05) is 13.8 Å². The third-order valence-electron chi connectivity index (χ3n) is 4.46. The highest BCUT2D eigenvalue weighted by atomic mass is 19.4. The quantitative estimate of drug-likeness (QED) is 0.629. The molecule has 1 aromatic carbocycles. The molecule has 0 saturated heterocycles. The molecule has 2 heterocycles. The third-order valence-corrected chi connectivity index (χ3v) is 4.46. The first-order chi connectivity index (χ1) is 13.6. The second-order valence-electron chi connectivity index (χ2n) is 7.04. The molecular formula is C21H21F3N4O. The van der Waals surface area contributed by atoms with Crippen molar-refractivity contribution in [3.05, 3.63) is 71.9 Å². The predicted octanol–water partition coefficient (Wildman–Crippen LogP) is 4.55. The van der Waals surface area contributed by atoms with Crippen molar-refractivity contribution in [3.63, 3.8) is 0 Å². The number of aryl methyl sites for hydroxylation is 1. The van der Waals surface area contributed by atoms with Crippen molar-refractivity contribution in [3.8, 4) is 11.3 Å². The number of alkyl halides is 3. The predicted molar refractivity (Wildman–Crippen MR) is 103 cm³/mol. The number of imidazole rings is 1. The van der Waals surface area contributed by atoms with Crippen LogP contribution in [0.1, 0.15) is 35.6 Å². The number of carbonyl (C=O) groups is 1. The number of hydrogen-bond donors (Lipinski definition) is 0. The molecule has 152 valence electrons. The number of nitrogens with zero attached hydrogens (tertiary/aromatic N) is 4. The summed E-state index contributed by atoms with van der Waals surface area (Å²) in [4.78, 5) is 23.1. The van der Waals surface area contributed by atoms with Crippen LogP contribution in [-0.4, -0.2) is 31.4 Å². The van der Waals surface area contributed by atoms with E-state index in [-0.39, 0.29) is 18.5 Å². The van der Waals surface area contributed by atoms with Gasteiger partial charge in [0.2, 0.25) is 0 Å². The van der Waals surface area contributed by atoms with Crippen LogP contribution in [0.5, 0.6) is 0 Å². The summed E-state index contributed by atoms with van der Waals surface area (Å²) >= 11 is 0. The smallest absolute Gasteiger partial charge is 0.340 e. The van der Waals surface area contributed by atoms with Crippen molar-refractivity contribution in [2.75, 3.05) is 0 Å². The lowest BCUT2D eigenvalue weighted by molar-refractivity contribution is -0.137. The SMILES string of the molecule is CC(C)N(Cc1cccc(-c2ccc(C(F)(F)F)cc2)n1)C(=O)c1cn(C)cn1. The van der Waals surface area contributed by atoms with E-state index in [4.69, 9.17) is 0 Å². The van der Waals surface area contributed by atoms with Crippen LogP contribution in [0.2, 0.25) is 0 Å². The number of carbonyl (C=O) groups excluding carboxylic acids is 1. The molecule has 8 heteroatoms. The maximum Gasteiger partial charge on any atom is 0.416 e. The maximum absolute atomic E-state index is 12.8. The van der Waals surface area contributed by atoms with Crippen LogP contribution in [0, 0.1) is 0 Å². The van der Waals surface area contributed by atoms with Gasteiger partial charge >= 0.3 is 6.18 Å². The molecule has 0 unspecified atom stereocenters. The van der Waals surface area contributed by atoms with Crippen LogP contribution in [0.15, 0.2) is 55.0 Å². The van der Waals surface area contributed by atoms with Gasteiger partial charge in [-0.2, -0.15) is 13.2 Å². The monoisotopic (exact) mass is 402 g/mol. The molecule has 0 aliphatic heterocycles. The Morgan fingerprint density at radius 3 is 2.38 bits per heavy atom. The standard InChI is InChI=1S/C21H21F3N4O/c1-14(2)28(20(29)19-12-27(3)13-25-19)11-17-5-4-6-18(26-17)15-7-9-16(10-8-15)21(22,23)24/h4-10,12-14H,11H2,1-3H3. The summed E-state index contributed by atoms with van der Waals surface area (Å²) in [6.07, 6.45) is -1.16. The van der Waals surface area contributed by atoms with Crippen LogP contribution in [0.4, 0.5) is 13.2 Å². The van der Waals surface area contributed by atoms with Crippen molar-refractivity contribution < 1.29 is 18.0 Å². The van der Waals surface area contributed by atoms with Crippen LogP contribution in [-0.2, 0) is 19.8 Å². The third kappa shape index (κ3) is 4.82. The molecule has 0 radical (unpaired) electrons. The summed E-state index contributed by atoms with van der Waals surface area (Å²) in [5.41, 5.74) is 1.40. The molecule has 2 aromatic heterocycles. The summed E-state index contributed by atoms with van der Waals surface area (Å²) in [6, 6.07) is 10.1. The lowest BCUT2D eigenvalue weighted by atomic mass is 10.1. The molecule has 3 aromatic rings. The lowest BCUT2D eigenvalue weighted by Gasteiger charge is -2.25. The zero-order valence-electron chi connectivity index (χ0n) is 16.3. The highest BCUT2D eigenvalue weighted by molar-refractivity contribution is 5.92. The molecule has 0 aliphatic rings. The fourth-order valence-electron chi connectivity index (χ4n) is 2.89. The summed E-state index contributed by atoms with van der Waals surface area (Å²) < 4.78 is 40.0. The van der Waals surface area contributed by atoms with Crippen molar-refractivity contribution in [2.45, 2.75) is 32.6 Å². The molecule has 0 spiro atoms. The first-order valence-electron chi connectivity index (χ1n) is 9.07. The molecule has 0 atom stereocenters. The number of benzene rings is 1. The number of pyridine rings is 1. The van der Waals surface area contributed by atoms with Gasteiger partial charge < -0.3 is 9.47 Å². The topological polar surface area (TPSA) is 51.0 Å². The van der Waals surface area contributed by atoms with Crippen LogP contribution >= 0.6 is 0 Å². The number of amides is 1. The molecule has 0 fully saturated rings. The number of halogens is 3. The van der Waals surface area contributed by atoms with E-state index in [1.165, 1.54) is 12.1 Å². The Kier molecular flexibility index (Phi) is 5.72. The first-order valence-corrected chi connectivity index (χ1v) is 9.07. The van der Waals surface area contributed by atoms with Gasteiger partial charge in [-0.1, -0.05) is 18.2 Å². The van der Waals surface area contributed by atoms with Gasteiger partial charge in [0.15, 0.2) is 0 Å². The van der Waals surface area contributed by atoms with E-state index in [0.717, 1.165) is 12.1 Å². The molecule has 1 amide bonds. The largest absolute Gasteiger partial charge is 0.416 e. The van der Waals surface area contributed by atoms with E-state index in [2.05, 4.69) is 9.97 Å². The van der Waals surface area contributed by atoms with E-state index >= 15 is 0 Å². The van der Waals surface area contributed by atoms with Crippen LogP contribution in [0.3, 0.4) is 0 Å². The van der Waals surface area contributed by atoms with E-state index in [1.54, 1.807) is 47.2 Å². The zero-order valence-corrected chi connectivity index (χ0v) is 16.3. The second kappa shape index (κ2) is 8.06. The molecule has 29 heavy (non-hydrogen) atoms. The Morgan fingerprint density at radius 2 is 1.83 bits per heavy atom. The number of hydrogen-bond acceptors (Lipinski definition) is 3. The Bertz CT molecular complexity index is 994. The minimum Gasteiger partial charge on any atom is -0.340 e. The Hall–Kier alpha value is -3.16. The van der Waals surface area contributed by atoms with Gasteiger partial charge in [-0.05, 0) is 38.1 Å². The molecule has 3 rings (SSSR count). The highest BCUT2D eigenvalue weighted by Gasteiger charge is 2.30. The van der Waals surface area contributed by atoms with Gasteiger partial charge in [-0.3, -0.25) is 9.78 Å². The summed E-state index contributed by atoms with van der Waals surface area (Å²) in [5.74, 6) is -0.206. The summed E-state index contributed by atoms with van der Waals surface area (Å²) in [7, 11) is 1.79. The minimum atomic E-state index is -4.38. The van der Waals surface area contributed by atoms with E-state index < -0.39 is 11.7 Å². The molecule has 0 aliphatic carbocycles. The van der Waals surface area contributed by atoms with Crippen LogP contribution in [0.25, 0.3) is 11.3 Å². The van der Waals surface area contributed by atoms with Gasteiger partial charge in [-0.15, -0.1) is 0 Å². The average molecular weight is 402 g/mol. The Morgan fingerprint density at radius 1 is 1.14 bits per heavy atom. The normalized spacial score (nSPS) is 11.7. The molecule has 0 saturated carbocycles. The lowest BCUT2D eigenvalue weighted by Crippen LogP contribution is -2.36. The first kappa shape index (κ1) is 20.6. The van der Waals surface area contributed by atoms with Crippen molar-refractivity contribution in [1.29, 1.82) is 0 Å². The fourth-order valence-corrected chi connectivity index (χ4v) is 2.89. The molecular weight excluding hydrogens is 381 g/mol. The van der Waals surface area contributed by atoms with Crippen molar-refractivity contribution in [1.82, 2.24) is 19.4 Å². The highest BCUT2D eigenvalue weighted by Crippen LogP contribution is 2.30. The second-order valence-corrected chi connectivity index (χ2v) is 7.04. The van der Waals surface area contributed by atoms with E-state index in [9.17, 15) is 18.0 Å². The van der Waals surface area contributed by atoms with Gasteiger partial charge in [0, 0.05) is 24.8 Å². The number of aromatic nitrogens is 3. The molecule has 0 bridgehead atoms. The van der Waals surface area contributed by atoms with Crippen LogP contribution < -0.4 is 0 Å². The van der Waals surface area contributed by atoms with Gasteiger partial charge in [-0.25, -0.2) is 4.98 Å². The molecule has 5 nitrogen and oxygen atoms in total. The van der Waals surface area contributed by atoms with E-state index in [0.29, 0.717) is 22.6 Å². The molecule has 0 N–H and O–H groups in total. The fraction of sp³-hybridized carbons (Fsp3) is 0.286. The maximum atomic E-state index is 12.8. The number of rotatable bonds is 5. The van der Waals surface area contributed by atoms with Gasteiger partial charge in [0.05, 0.1) is 29.8 Å². The minimum absolute atomic E-state index is 0.0824.